The molecule has 0 aliphatic carbocycles. The van der Waals surface area contributed by atoms with Gasteiger partial charge in [0.25, 0.3) is 0 Å². The number of aromatic amines is 1. The summed E-state index contributed by atoms with van der Waals surface area (Å²) in [4.78, 5) is 35.1. The number of anilines is 1. The molecule has 0 saturated carbocycles. The summed E-state index contributed by atoms with van der Waals surface area (Å²) in [6, 6.07) is 16.8. The van der Waals surface area contributed by atoms with Crippen LogP contribution in [0.4, 0.5) is 5.69 Å². The lowest BCUT2D eigenvalue weighted by Crippen LogP contribution is -2.11. The van der Waals surface area contributed by atoms with Crippen LogP contribution in [-0.4, -0.2) is 31.6 Å². The average molecular weight is 485 g/mol. The summed E-state index contributed by atoms with van der Waals surface area (Å²) in [6.07, 6.45) is 9.18. The summed E-state index contributed by atoms with van der Waals surface area (Å²) >= 11 is 0. The van der Waals surface area contributed by atoms with Gasteiger partial charge in [0.05, 0.1) is 35.2 Å². The van der Waals surface area contributed by atoms with Crippen molar-refractivity contribution in [1.29, 1.82) is 0 Å². The fourth-order valence-electron chi connectivity index (χ4n) is 5.32. The second-order valence-electron chi connectivity index (χ2n) is 9.69. The van der Waals surface area contributed by atoms with E-state index in [9.17, 15) is 4.79 Å². The number of aliphatic imine (C=N–C) groups is 1. The number of carbonyl (C=O) groups excluding carboxylic acids is 1. The van der Waals surface area contributed by atoms with Gasteiger partial charge >= 0.3 is 0 Å². The third-order valence-corrected chi connectivity index (χ3v) is 7.16. The SMILES string of the molecule is C[C@@H]1N=C2c3nc4c(cncc4[nH]3)-c3cccc(c3)CCCC(=O)Nc3cncc(c3)-c3ccc1c2c3. The smallest absolute Gasteiger partial charge is 0.224 e. The highest BCUT2D eigenvalue weighted by Gasteiger charge is 2.26. The number of imidazole rings is 1. The fraction of sp³-hybridized carbons (Fsp3) is 0.167. The van der Waals surface area contributed by atoms with E-state index in [2.05, 4.69) is 69.7 Å². The van der Waals surface area contributed by atoms with Gasteiger partial charge in [-0.15, -0.1) is 0 Å². The summed E-state index contributed by atoms with van der Waals surface area (Å²) in [5.41, 5.74) is 10.6. The molecular weight excluding hydrogens is 460 g/mol. The number of aromatic nitrogens is 4. The molecule has 8 bridgehead atoms. The third kappa shape index (κ3) is 3.80. The number of hydrogen-bond acceptors (Lipinski definition) is 5. The molecule has 0 unspecified atom stereocenters. The van der Waals surface area contributed by atoms with Crippen LogP contribution in [-0.2, 0) is 11.2 Å². The molecular formula is C30H24N6O. The summed E-state index contributed by atoms with van der Waals surface area (Å²) < 4.78 is 0. The average Bonchev–Trinajstić information content (AvgIpc) is 3.49. The molecule has 5 heterocycles. The molecule has 3 aromatic heterocycles. The summed E-state index contributed by atoms with van der Waals surface area (Å²) in [7, 11) is 0. The van der Waals surface area contributed by atoms with Gasteiger partial charge in [0.15, 0.2) is 5.82 Å². The van der Waals surface area contributed by atoms with E-state index in [0.29, 0.717) is 12.1 Å². The number of aryl methyl sites for hydroxylation is 1. The molecule has 0 saturated heterocycles. The van der Waals surface area contributed by atoms with Crippen molar-refractivity contribution in [1.82, 2.24) is 19.9 Å². The number of H-pyrrole nitrogens is 1. The zero-order valence-corrected chi connectivity index (χ0v) is 20.3. The number of nitrogens with zero attached hydrogens (tertiary/aromatic N) is 4. The Bertz CT molecular complexity index is 1730. The molecule has 1 atom stereocenters. The second kappa shape index (κ2) is 8.48. The van der Waals surface area contributed by atoms with Gasteiger partial charge < -0.3 is 10.3 Å². The van der Waals surface area contributed by atoms with Crippen LogP contribution in [0.15, 0.2) is 78.3 Å². The lowest BCUT2D eigenvalue weighted by atomic mass is 9.96. The summed E-state index contributed by atoms with van der Waals surface area (Å²) in [6.45, 7) is 2.10. The van der Waals surface area contributed by atoms with Crippen LogP contribution in [0.2, 0.25) is 0 Å². The molecule has 2 aromatic carbocycles. The zero-order chi connectivity index (χ0) is 24.9. The number of rotatable bonds is 0. The maximum atomic E-state index is 12.7. The molecule has 7 heteroatoms. The minimum Gasteiger partial charge on any atom is -0.335 e. The topological polar surface area (TPSA) is 95.9 Å². The highest BCUT2D eigenvalue weighted by molar-refractivity contribution is 6.15. The Balaban J connectivity index is 1.42. The van der Waals surface area contributed by atoms with Crippen LogP contribution in [0, 0.1) is 0 Å². The minimum absolute atomic E-state index is 0.0112. The fourth-order valence-corrected chi connectivity index (χ4v) is 5.32. The maximum absolute atomic E-state index is 12.7. The van der Waals surface area contributed by atoms with E-state index in [1.54, 1.807) is 6.20 Å². The molecule has 2 N–H and O–H groups in total. The van der Waals surface area contributed by atoms with E-state index in [-0.39, 0.29) is 11.9 Å². The molecule has 5 aromatic rings. The van der Waals surface area contributed by atoms with Crippen molar-refractivity contribution in [3.63, 3.8) is 0 Å². The van der Waals surface area contributed by atoms with Gasteiger partial charge in [-0.3, -0.25) is 19.8 Å². The van der Waals surface area contributed by atoms with E-state index >= 15 is 0 Å². The Kier molecular flexibility index (Phi) is 4.96. The van der Waals surface area contributed by atoms with Gasteiger partial charge in [-0.2, -0.15) is 0 Å². The van der Waals surface area contributed by atoms with Crippen molar-refractivity contribution in [3.8, 4) is 22.3 Å². The van der Waals surface area contributed by atoms with Gasteiger partial charge in [0, 0.05) is 35.5 Å². The molecule has 0 fully saturated rings. The van der Waals surface area contributed by atoms with Crippen LogP contribution in [0.3, 0.4) is 0 Å². The Hall–Kier alpha value is -4.65. The third-order valence-electron chi connectivity index (χ3n) is 7.16. The first-order valence-corrected chi connectivity index (χ1v) is 12.5. The molecule has 2 aliphatic heterocycles. The quantitative estimate of drug-likeness (QED) is 0.287. The highest BCUT2D eigenvalue weighted by atomic mass is 16.1. The molecule has 0 radical (unpaired) electrons. The predicted molar refractivity (Wildman–Crippen MR) is 145 cm³/mol. The van der Waals surface area contributed by atoms with Crippen molar-refractivity contribution >= 4 is 28.3 Å². The maximum Gasteiger partial charge on any atom is 0.224 e. The van der Waals surface area contributed by atoms with Crippen LogP contribution in [0.5, 0.6) is 0 Å². The number of hydrogen-bond donors (Lipinski definition) is 2. The lowest BCUT2D eigenvalue weighted by Gasteiger charge is -2.10. The number of benzene rings is 2. The number of pyridine rings is 2. The molecule has 1 amide bonds. The van der Waals surface area contributed by atoms with E-state index in [4.69, 9.17) is 9.98 Å². The van der Waals surface area contributed by atoms with Gasteiger partial charge in [-0.25, -0.2) is 4.98 Å². The van der Waals surface area contributed by atoms with Crippen molar-refractivity contribution in [2.24, 2.45) is 4.99 Å². The second-order valence-corrected chi connectivity index (χ2v) is 9.69. The molecule has 7 nitrogen and oxygen atoms in total. The highest BCUT2D eigenvalue weighted by Crippen LogP contribution is 2.36. The Morgan fingerprint density at radius 2 is 1.78 bits per heavy atom. The van der Waals surface area contributed by atoms with E-state index in [0.717, 1.165) is 68.8 Å². The van der Waals surface area contributed by atoms with Gasteiger partial charge in [0.2, 0.25) is 5.91 Å². The minimum atomic E-state index is -0.0112. The Labute approximate surface area is 213 Å². The molecule has 0 spiro atoms. The first-order chi connectivity index (χ1) is 18.1. The molecule has 2 aliphatic rings. The van der Waals surface area contributed by atoms with Crippen molar-refractivity contribution < 1.29 is 4.79 Å². The Morgan fingerprint density at radius 1 is 0.865 bits per heavy atom. The van der Waals surface area contributed by atoms with Crippen LogP contribution in [0.1, 0.15) is 48.3 Å². The largest absolute Gasteiger partial charge is 0.335 e. The number of nitrogens with one attached hydrogen (secondary N) is 2. The number of fused-ring (bicyclic) bond motifs is 9. The van der Waals surface area contributed by atoms with E-state index in [1.165, 1.54) is 5.56 Å². The first kappa shape index (κ1) is 21.6. The molecule has 180 valence electrons. The van der Waals surface area contributed by atoms with Crippen LogP contribution in [0.25, 0.3) is 33.3 Å². The van der Waals surface area contributed by atoms with Gasteiger partial charge in [0.1, 0.15) is 5.71 Å². The van der Waals surface area contributed by atoms with Crippen molar-refractivity contribution in [2.75, 3.05) is 5.32 Å². The van der Waals surface area contributed by atoms with E-state index < -0.39 is 0 Å². The van der Waals surface area contributed by atoms with Crippen LogP contribution < -0.4 is 5.32 Å². The molecule has 37 heavy (non-hydrogen) atoms. The monoisotopic (exact) mass is 484 g/mol. The lowest BCUT2D eigenvalue weighted by molar-refractivity contribution is -0.116. The van der Waals surface area contributed by atoms with Gasteiger partial charge in [-0.05, 0) is 54.2 Å². The Morgan fingerprint density at radius 3 is 2.73 bits per heavy atom. The standard InChI is InChI=1S/C30H24N6O/c1-17-23-9-8-19-12-24(23)29(33-17)30-35-26-16-32-15-25(28(26)36-30)20-6-2-4-18(10-20)5-3-7-27(37)34-22-11-21(19)13-31-14-22/h2,4,6,8-17H,3,5,7H2,1H3,(H,34,37)(H,35,36)/t17-/m0/s1. The normalized spacial score (nSPS) is 16.6. The van der Waals surface area contributed by atoms with Gasteiger partial charge in [-0.1, -0.05) is 36.4 Å². The number of amides is 1. The first-order valence-electron chi connectivity index (χ1n) is 12.5. The number of carbonyl (C=O) groups is 1. The summed E-state index contributed by atoms with van der Waals surface area (Å²) in [5.74, 6) is 0.725. The van der Waals surface area contributed by atoms with Crippen LogP contribution >= 0.6 is 0 Å². The van der Waals surface area contributed by atoms with E-state index in [1.807, 2.05) is 24.7 Å². The molecule has 7 rings (SSSR count). The van der Waals surface area contributed by atoms with Crippen molar-refractivity contribution in [2.45, 2.75) is 32.2 Å². The zero-order valence-electron chi connectivity index (χ0n) is 20.3. The predicted octanol–water partition coefficient (Wildman–Crippen LogP) is 5.87. The van der Waals surface area contributed by atoms with Crippen molar-refractivity contribution in [3.05, 3.63) is 95.8 Å². The summed E-state index contributed by atoms with van der Waals surface area (Å²) in [5, 5.41) is 3.02.